The van der Waals surface area contributed by atoms with Gasteiger partial charge in [0.25, 0.3) is 0 Å². The average molecular weight is 312 g/mol. The SMILES string of the molecule is CCOCCCCNC(=NCC(=O)N(C)C)NC1CCCC1. The minimum Gasteiger partial charge on any atom is -0.382 e. The Morgan fingerprint density at radius 2 is 2.00 bits per heavy atom. The van der Waals surface area contributed by atoms with Crippen molar-refractivity contribution in [3.8, 4) is 0 Å². The Labute approximate surface area is 134 Å². The second-order valence-electron chi connectivity index (χ2n) is 5.91. The van der Waals surface area contributed by atoms with Crippen molar-refractivity contribution in [2.45, 2.75) is 51.5 Å². The van der Waals surface area contributed by atoms with Crippen molar-refractivity contribution in [2.24, 2.45) is 4.99 Å². The van der Waals surface area contributed by atoms with E-state index >= 15 is 0 Å². The topological polar surface area (TPSA) is 66.0 Å². The first-order chi connectivity index (χ1) is 10.6. The number of guanidine groups is 1. The second kappa shape index (κ2) is 11.3. The van der Waals surface area contributed by atoms with Crippen LogP contribution >= 0.6 is 0 Å². The maximum absolute atomic E-state index is 11.7. The van der Waals surface area contributed by atoms with Gasteiger partial charge < -0.3 is 20.3 Å². The highest BCUT2D eigenvalue weighted by atomic mass is 16.5. The Kier molecular flexibility index (Phi) is 9.62. The highest BCUT2D eigenvalue weighted by Gasteiger charge is 2.16. The Morgan fingerprint density at radius 1 is 1.27 bits per heavy atom. The first-order valence-corrected chi connectivity index (χ1v) is 8.46. The fourth-order valence-corrected chi connectivity index (χ4v) is 2.38. The quantitative estimate of drug-likeness (QED) is 0.383. The van der Waals surface area contributed by atoms with Gasteiger partial charge in [-0.1, -0.05) is 12.8 Å². The number of rotatable bonds is 9. The van der Waals surface area contributed by atoms with Crippen LogP contribution in [0.1, 0.15) is 45.4 Å². The lowest BCUT2D eigenvalue weighted by Gasteiger charge is -2.18. The largest absolute Gasteiger partial charge is 0.382 e. The van der Waals surface area contributed by atoms with E-state index in [0.717, 1.165) is 38.6 Å². The Balaban J connectivity index is 2.36. The number of carbonyl (C=O) groups excluding carboxylic acids is 1. The molecule has 0 atom stereocenters. The van der Waals surface area contributed by atoms with Gasteiger partial charge in [-0.25, -0.2) is 4.99 Å². The molecule has 0 aromatic rings. The van der Waals surface area contributed by atoms with Crippen molar-refractivity contribution in [2.75, 3.05) is 40.4 Å². The highest BCUT2D eigenvalue weighted by Crippen LogP contribution is 2.17. The Morgan fingerprint density at radius 3 is 2.64 bits per heavy atom. The zero-order valence-electron chi connectivity index (χ0n) is 14.4. The Bertz CT molecular complexity index is 339. The minimum atomic E-state index is 0.0175. The zero-order chi connectivity index (χ0) is 16.2. The molecule has 0 unspecified atom stereocenters. The molecule has 0 heterocycles. The van der Waals surface area contributed by atoms with E-state index in [9.17, 15) is 4.79 Å². The smallest absolute Gasteiger partial charge is 0.243 e. The lowest BCUT2D eigenvalue weighted by atomic mass is 10.2. The lowest BCUT2D eigenvalue weighted by Crippen LogP contribution is -2.43. The van der Waals surface area contributed by atoms with E-state index in [0.29, 0.717) is 6.04 Å². The van der Waals surface area contributed by atoms with Crippen LogP contribution in [-0.4, -0.2) is 63.2 Å². The molecule has 0 aromatic heterocycles. The molecular weight excluding hydrogens is 280 g/mol. The molecule has 0 saturated heterocycles. The third-order valence-corrected chi connectivity index (χ3v) is 3.78. The molecule has 6 heteroatoms. The van der Waals surface area contributed by atoms with Gasteiger partial charge in [0.05, 0.1) is 0 Å². The molecule has 1 aliphatic carbocycles. The van der Waals surface area contributed by atoms with Gasteiger partial charge in [-0.15, -0.1) is 0 Å². The van der Waals surface area contributed by atoms with Crippen molar-refractivity contribution in [1.29, 1.82) is 0 Å². The number of hydrogen-bond donors (Lipinski definition) is 2. The number of ether oxygens (including phenoxy) is 1. The summed E-state index contributed by atoms with van der Waals surface area (Å²) in [6.45, 7) is 4.63. The number of nitrogens with one attached hydrogen (secondary N) is 2. The third kappa shape index (κ3) is 8.22. The van der Waals surface area contributed by atoms with Gasteiger partial charge in [0.15, 0.2) is 5.96 Å². The van der Waals surface area contributed by atoms with Crippen LogP contribution in [0.5, 0.6) is 0 Å². The average Bonchev–Trinajstić information content (AvgIpc) is 3.00. The third-order valence-electron chi connectivity index (χ3n) is 3.78. The standard InChI is InChI=1S/C16H32N4O2/c1-4-22-12-8-7-11-17-16(18-13-15(21)20(2)3)19-14-9-5-6-10-14/h14H,4-13H2,1-3H3,(H2,17,18,19). The second-order valence-corrected chi connectivity index (χ2v) is 5.91. The Hall–Kier alpha value is -1.30. The molecule has 0 aliphatic heterocycles. The van der Waals surface area contributed by atoms with Crippen LogP contribution in [0, 0.1) is 0 Å². The molecule has 1 amide bonds. The minimum absolute atomic E-state index is 0.0175. The van der Waals surface area contributed by atoms with Crippen LogP contribution in [0.25, 0.3) is 0 Å². The molecule has 0 bridgehead atoms. The van der Waals surface area contributed by atoms with Gasteiger partial charge in [-0.2, -0.15) is 0 Å². The summed E-state index contributed by atoms with van der Waals surface area (Å²) in [5.41, 5.74) is 0. The van der Waals surface area contributed by atoms with Gasteiger partial charge in [0.2, 0.25) is 5.91 Å². The van der Waals surface area contributed by atoms with Gasteiger partial charge in [0, 0.05) is 39.9 Å². The van der Waals surface area contributed by atoms with Gasteiger partial charge in [-0.3, -0.25) is 4.79 Å². The number of carbonyl (C=O) groups is 1. The summed E-state index contributed by atoms with van der Waals surface area (Å²) in [4.78, 5) is 17.7. The lowest BCUT2D eigenvalue weighted by molar-refractivity contribution is -0.127. The summed E-state index contributed by atoms with van der Waals surface area (Å²) >= 11 is 0. The van der Waals surface area contributed by atoms with Gasteiger partial charge in [0.1, 0.15) is 6.54 Å². The maximum Gasteiger partial charge on any atom is 0.243 e. The fraction of sp³-hybridized carbons (Fsp3) is 0.875. The van der Waals surface area contributed by atoms with Gasteiger partial charge >= 0.3 is 0 Å². The van der Waals surface area contributed by atoms with E-state index in [1.54, 1.807) is 19.0 Å². The maximum atomic E-state index is 11.7. The summed E-state index contributed by atoms with van der Waals surface area (Å²) in [7, 11) is 3.51. The molecule has 1 aliphatic rings. The molecule has 1 fully saturated rings. The van der Waals surface area contributed by atoms with E-state index in [-0.39, 0.29) is 12.5 Å². The molecule has 1 rings (SSSR count). The predicted molar refractivity (Wildman–Crippen MR) is 90.1 cm³/mol. The number of unbranched alkanes of at least 4 members (excludes halogenated alkanes) is 1. The number of aliphatic imine (C=N–C) groups is 1. The van der Waals surface area contributed by atoms with Gasteiger partial charge in [-0.05, 0) is 32.6 Å². The molecule has 2 N–H and O–H groups in total. The van der Waals surface area contributed by atoms with Crippen LogP contribution in [0.4, 0.5) is 0 Å². The van der Waals surface area contributed by atoms with E-state index < -0.39 is 0 Å². The van der Waals surface area contributed by atoms with Crippen LogP contribution in [0.2, 0.25) is 0 Å². The molecule has 0 spiro atoms. The van der Waals surface area contributed by atoms with E-state index in [4.69, 9.17) is 4.74 Å². The molecule has 22 heavy (non-hydrogen) atoms. The van der Waals surface area contributed by atoms with Crippen LogP contribution in [0.3, 0.4) is 0 Å². The predicted octanol–water partition coefficient (Wildman–Crippen LogP) is 1.37. The van der Waals surface area contributed by atoms with Crippen molar-refractivity contribution in [3.63, 3.8) is 0 Å². The molecule has 1 saturated carbocycles. The van der Waals surface area contributed by atoms with Crippen molar-refractivity contribution in [3.05, 3.63) is 0 Å². The van der Waals surface area contributed by atoms with Crippen LogP contribution in [0.15, 0.2) is 4.99 Å². The van der Waals surface area contributed by atoms with E-state index in [2.05, 4.69) is 15.6 Å². The molecule has 0 aromatic carbocycles. The van der Waals surface area contributed by atoms with Crippen molar-refractivity contribution < 1.29 is 9.53 Å². The summed E-state index contributed by atoms with van der Waals surface area (Å²) in [5, 5.41) is 6.78. The molecule has 128 valence electrons. The fourth-order valence-electron chi connectivity index (χ4n) is 2.38. The molecular formula is C16H32N4O2. The first-order valence-electron chi connectivity index (χ1n) is 8.46. The van der Waals surface area contributed by atoms with Crippen molar-refractivity contribution in [1.82, 2.24) is 15.5 Å². The normalized spacial score (nSPS) is 15.9. The van der Waals surface area contributed by atoms with E-state index in [1.807, 2.05) is 6.92 Å². The highest BCUT2D eigenvalue weighted by molar-refractivity contribution is 5.84. The summed E-state index contributed by atoms with van der Waals surface area (Å²) in [6, 6.07) is 0.490. The van der Waals surface area contributed by atoms with Crippen LogP contribution < -0.4 is 10.6 Å². The number of amides is 1. The number of likely N-dealkylation sites (N-methyl/N-ethyl adjacent to an activating group) is 1. The number of nitrogens with zero attached hydrogens (tertiary/aromatic N) is 2. The number of hydrogen-bond acceptors (Lipinski definition) is 3. The summed E-state index contributed by atoms with van der Waals surface area (Å²) < 4.78 is 5.33. The van der Waals surface area contributed by atoms with E-state index in [1.165, 1.54) is 25.7 Å². The van der Waals surface area contributed by atoms with Crippen molar-refractivity contribution >= 4 is 11.9 Å². The monoisotopic (exact) mass is 312 g/mol. The van der Waals surface area contributed by atoms with Crippen LogP contribution in [-0.2, 0) is 9.53 Å². The molecule has 6 nitrogen and oxygen atoms in total. The zero-order valence-corrected chi connectivity index (χ0v) is 14.4. The molecule has 0 radical (unpaired) electrons. The first kappa shape index (κ1) is 18.7. The summed E-state index contributed by atoms with van der Waals surface area (Å²) in [6.07, 6.45) is 6.99. The summed E-state index contributed by atoms with van der Waals surface area (Å²) in [5.74, 6) is 0.780.